The van der Waals surface area contributed by atoms with Crippen LogP contribution in [0.25, 0.3) is 16.6 Å². The summed E-state index contributed by atoms with van der Waals surface area (Å²) in [7, 11) is 1.75. The molecule has 0 aliphatic rings. The van der Waals surface area contributed by atoms with Crippen molar-refractivity contribution in [2.45, 2.75) is 0 Å². The molecular formula is C19H15FN4O. The number of nitrogens with one attached hydrogen (secondary N) is 1. The van der Waals surface area contributed by atoms with Crippen LogP contribution in [0.1, 0.15) is 10.5 Å². The average molecular weight is 334 g/mol. The largest absolute Gasteiger partial charge is 0.340 e. The van der Waals surface area contributed by atoms with E-state index < -0.39 is 0 Å². The number of carbonyl (C=O) groups is 1. The van der Waals surface area contributed by atoms with E-state index >= 15 is 0 Å². The molecule has 25 heavy (non-hydrogen) atoms. The first-order chi connectivity index (χ1) is 12.1. The third kappa shape index (κ3) is 2.78. The lowest BCUT2D eigenvalue weighted by Crippen LogP contribution is -2.15. The third-order valence-corrected chi connectivity index (χ3v) is 4.17. The Morgan fingerprint density at radius 3 is 2.64 bits per heavy atom. The zero-order valence-electron chi connectivity index (χ0n) is 13.5. The Kier molecular flexibility index (Phi) is 3.57. The van der Waals surface area contributed by atoms with Gasteiger partial charge in [-0.05, 0) is 48.5 Å². The summed E-state index contributed by atoms with van der Waals surface area (Å²) in [6.07, 6.45) is 5.27. The predicted octanol–water partition coefficient (Wildman–Crippen LogP) is 3.76. The van der Waals surface area contributed by atoms with Crippen LogP contribution in [-0.2, 0) is 7.05 Å². The molecule has 6 heteroatoms. The van der Waals surface area contributed by atoms with Crippen LogP contribution in [0.3, 0.4) is 0 Å². The molecule has 2 heterocycles. The van der Waals surface area contributed by atoms with Gasteiger partial charge in [0, 0.05) is 36.2 Å². The van der Waals surface area contributed by atoms with E-state index in [2.05, 4.69) is 10.3 Å². The minimum Gasteiger partial charge on any atom is -0.340 e. The van der Waals surface area contributed by atoms with Crippen molar-refractivity contribution in [2.75, 3.05) is 5.32 Å². The Bertz CT molecular complexity index is 1050. The lowest BCUT2D eigenvalue weighted by molar-refractivity contribution is 0.101. The van der Waals surface area contributed by atoms with E-state index in [1.165, 1.54) is 12.1 Å². The maximum Gasteiger partial charge on any atom is 0.272 e. The van der Waals surface area contributed by atoms with Crippen molar-refractivity contribution in [1.29, 1.82) is 0 Å². The average Bonchev–Trinajstić information content (AvgIpc) is 3.25. The molecule has 1 amide bonds. The second kappa shape index (κ2) is 5.90. The lowest BCUT2D eigenvalue weighted by Gasteiger charge is -2.08. The molecule has 2 aromatic heterocycles. The van der Waals surface area contributed by atoms with E-state index in [4.69, 9.17) is 0 Å². The number of nitrogens with zero attached hydrogens (tertiary/aromatic N) is 3. The van der Waals surface area contributed by atoms with Crippen molar-refractivity contribution >= 4 is 22.5 Å². The number of aryl methyl sites for hydroxylation is 1. The van der Waals surface area contributed by atoms with Gasteiger partial charge in [0.05, 0.1) is 11.8 Å². The fourth-order valence-electron chi connectivity index (χ4n) is 2.84. The van der Waals surface area contributed by atoms with Gasteiger partial charge < -0.3 is 14.5 Å². The number of hydrogen-bond donors (Lipinski definition) is 1. The van der Waals surface area contributed by atoms with Crippen LogP contribution in [0.2, 0.25) is 0 Å². The maximum atomic E-state index is 13.4. The summed E-state index contributed by atoms with van der Waals surface area (Å²) in [6.45, 7) is 0. The van der Waals surface area contributed by atoms with Crippen LogP contribution in [0, 0.1) is 5.82 Å². The normalized spacial score (nSPS) is 11.0. The van der Waals surface area contributed by atoms with Crippen LogP contribution in [-0.4, -0.2) is 20.0 Å². The third-order valence-electron chi connectivity index (χ3n) is 4.17. The maximum absolute atomic E-state index is 13.4. The minimum atomic E-state index is -0.323. The molecule has 2 aromatic carbocycles. The molecule has 0 aliphatic heterocycles. The number of aromatic nitrogens is 3. The molecule has 124 valence electrons. The number of rotatable bonds is 3. The van der Waals surface area contributed by atoms with E-state index in [-0.39, 0.29) is 11.7 Å². The van der Waals surface area contributed by atoms with E-state index in [9.17, 15) is 9.18 Å². The van der Waals surface area contributed by atoms with Crippen molar-refractivity contribution < 1.29 is 9.18 Å². The number of amides is 1. The lowest BCUT2D eigenvalue weighted by atomic mass is 10.2. The van der Waals surface area contributed by atoms with Crippen molar-refractivity contribution in [3.63, 3.8) is 0 Å². The summed E-state index contributed by atoms with van der Waals surface area (Å²) >= 11 is 0. The Hall–Kier alpha value is -3.41. The summed E-state index contributed by atoms with van der Waals surface area (Å²) in [5, 5.41) is 3.69. The fraction of sp³-hybridized carbons (Fsp3) is 0.0526. The second-order valence-electron chi connectivity index (χ2n) is 5.76. The highest BCUT2D eigenvalue weighted by Gasteiger charge is 2.14. The number of halogens is 1. The molecule has 0 unspecified atom stereocenters. The SMILES string of the molecule is Cn1c(C(=O)Nc2ccc(-n3ccnc3)cc2)cc2ccc(F)cc21. The van der Waals surface area contributed by atoms with Crippen LogP contribution >= 0.6 is 0 Å². The van der Waals surface area contributed by atoms with Gasteiger partial charge in [-0.25, -0.2) is 9.37 Å². The molecule has 4 aromatic rings. The zero-order chi connectivity index (χ0) is 17.4. The molecule has 4 rings (SSSR count). The number of fused-ring (bicyclic) bond motifs is 1. The van der Waals surface area contributed by atoms with Crippen molar-refractivity contribution in [3.05, 3.63) is 78.8 Å². The molecule has 0 saturated carbocycles. The number of anilines is 1. The standard InChI is InChI=1S/C19H15FN4O/c1-23-17-11-14(20)3-2-13(17)10-18(23)19(25)22-15-4-6-16(7-5-15)24-9-8-21-12-24/h2-12H,1H3,(H,22,25). The Balaban J connectivity index is 1.59. The highest BCUT2D eigenvalue weighted by atomic mass is 19.1. The van der Waals surface area contributed by atoms with Gasteiger partial charge in [-0.3, -0.25) is 4.79 Å². The molecule has 0 fully saturated rings. The van der Waals surface area contributed by atoms with Crippen LogP contribution < -0.4 is 5.32 Å². The van der Waals surface area contributed by atoms with Gasteiger partial charge in [0.1, 0.15) is 11.5 Å². The van der Waals surface area contributed by atoms with Gasteiger partial charge in [0.15, 0.2) is 0 Å². The summed E-state index contributed by atoms with van der Waals surface area (Å²) in [4.78, 5) is 16.6. The molecule has 0 spiro atoms. The van der Waals surface area contributed by atoms with E-state index in [0.29, 0.717) is 16.9 Å². The molecule has 0 atom stereocenters. The summed E-state index contributed by atoms with van der Waals surface area (Å²) in [6, 6.07) is 13.7. The Morgan fingerprint density at radius 1 is 1.12 bits per heavy atom. The number of carbonyl (C=O) groups excluding carboxylic acids is 1. The van der Waals surface area contributed by atoms with E-state index in [1.54, 1.807) is 36.3 Å². The first-order valence-electron chi connectivity index (χ1n) is 7.76. The molecule has 5 nitrogen and oxygen atoms in total. The van der Waals surface area contributed by atoms with Gasteiger partial charge in [-0.2, -0.15) is 0 Å². The van der Waals surface area contributed by atoms with Crippen LogP contribution in [0.15, 0.2) is 67.3 Å². The Morgan fingerprint density at radius 2 is 1.92 bits per heavy atom. The first kappa shape index (κ1) is 15.1. The number of benzene rings is 2. The second-order valence-corrected chi connectivity index (χ2v) is 5.76. The van der Waals surface area contributed by atoms with Crippen molar-refractivity contribution in [1.82, 2.24) is 14.1 Å². The van der Waals surface area contributed by atoms with Gasteiger partial charge in [-0.15, -0.1) is 0 Å². The van der Waals surface area contributed by atoms with Gasteiger partial charge in [0.2, 0.25) is 0 Å². The highest BCUT2D eigenvalue weighted by molar-refractivity contribution is 6.06. The molecule has 1 N–H and O–H groups in total. The predicted molar refractivity (Wildman–Crippen MR) is 94.4 cm³/mol. The molecular weight excluding hydrogens is 319 g/mol. The van der Waals surface area contributed by atoms with Crippen molar-refractivity contribution in [2.24, 2.45) is 7.05 Å². The van der Waals surface area contributed by atoms with Crippen LogP contribution in [0.4, 0.5) is 10.1 Å². The van der Waals surface area contributed by atoms with Gasteiger partial charge in [0.25, 0.3) is 5.91 Å². The highest BCUT2D eigenvalue weighted by Crippen LogP contribution is 2.21. The summed E-state index contributed by atoms with van der Waals surface area (Å²) in [5.41, 5.74) is 2.79. The summed E-state index contributed by atoms with van der Waals surface area (Å²) < 4.78 is 17.0. The van der Waals surface area contributed by atoms with E-state index in [0.717, 1.165) is 11.1 Å². The monoisotopic (exact) mass is 334 g/mol. The molecule has 0 aliphatic carbocycles. The Labute approximate surface area is 143 Å². The number of imidazole rings is 1. The van der Waals surface area contributed by atoms with Gasteiger partial charge >= 0.3 is 0 Å². The zero-order valence-corrected chi connectivity index (χ0v) is 13.5. The van der Waals surface area contributed by atoms with Gasteiger partial charge in [-0.1, -0.05) is 0 Å². The summed E-state index contributed by atoms with van der Waals surface area (Å²) in [5.74, 6) is -0.565. The quantitative estimate of drug-likeness (QED) is 0.620. The first-order valence-corrected chi connectivity index (χ1v) is 7.76. The fourth-order valence-corrected chi connectivity index (χ4v) is 2.84. The number of hydrogen-bond acceptors (Lipinski definition) is 2. The minimum absolute atomic E-state index is 0.241. The smallest absolute Gasteiger partial charge is 0.272 e. The van der Waals surface area contributed by atoms with E-state index in [1.807, 2.05) is 35.0 Å². The van der Waals surface area contributed by atoms with Crippen molar-refractivity contribution in [3.8, 4) is 5.69 Å². The molecule has 0 saturated heterocycles. The molecule has 0 bridgehead atoms. The topological polar surface area (TPSA) is 51.9 Å². The van der Waals surface area contributed by atoms with Crippen LogP contribution in [0.5, 0.6) is 0 Å². The molecule has 0 radical (unpaired) electrons.